The van der Waals surface area contributed by atoms with Crippen molar-refractivity contribution in [3.8, 4) is 0 Å². The van der Waals surface area contributed by atoms with E-state index < -0.39 is 21.9 Å². The lowest BCUT2D eigenvalue weighted by molar-refractivity contribution is -0.734. The number of carbonyl (C=O) groups excluding carboxylic acids is 2. The van der Waals surface area contributed by atoms with Crippen molar-refractivity contribution in [3.05, 3.63) is 113 Å². The molecule has 5 aromatic rings. The topological polar surface area (TPSA) is 248 Å². The van der Waals surface area contributed by atoms with E-state index in [2.05, 4.69) is 15.5 Å². The van der Waals surface area contributed by atoms with Crippen LogP contribution in [0, 0.1) is 6.92 Å². The summed E-state index contributed by atoms with van der Waals surface area (Å²) >= 11 is 0. The van der Waals surface area contributed by atoms with Crippen LogP contribution in [0.2, 0.25) is 0 Å². The number of nitrogens with two attached hydrogens (primary N) is 4. The van der Waals surface area contributed by atoms with Crippen molar-refractivity contribution >= 4 is 33.6 Å². The second-order valence-corrected chi connectivity index (χ2v) is 10.7. The van der Waals surface area contributed by atoms with Gasteiger partial charge in [0, 0.05) is 5.21 Å². The fourth-order valence-electron chi connectivity index (χ4n) is 3.78. The van der Waals surface area contributed by atoms with Gasteiger partial charge in [-0.05, 0) is 30.2 Å². The molecule has 5 rings (SSSR count). The van der Waals surface area contributed by atoms with E-state index in [0.29, 0.717) is 13.1 Å². The van der Waals surface area contributed by atoms with E-state index in [4.69, 9.17) is 22.9 Å². The Morgan fingerprint density at radius 1 is 0.864 bits per heavy atom. The molecule has 0 aliphatic heterocycles. The molecule has 2 aromatic heterocycles. The number of benzene rings is 3. The van der Waals surface area contributed by atoms with Gasteiger partial charge >= 0.3 is 0 Å². The number of nitrogens with zero attached hydrogens (tertiary/aromatic N) is 6. The Kier molecular flexibility index (Phi) is 10.9. The Balaban J connectivity index is 0.000000185. The molecule has 0 radical (unpaired) electrons. The molecule has 3 aromatic carbocycles. The number of amides is 2. The van der Waals surface area contributed by atoms with Crippen LogP contribution in [0.1, 0.15) is 37.7 Å². The van der Waals surface area contributed by atoms with Gasteiger partial charge in [0.15, 0.2) is 11.5 Å². The van der Waals surface area contributed by atoms with Crippen molar-refractivity contribution in [1.29, 1.82) is 0 Å². The van der Waals surface area contributed by atoms with Crippen molar-refractivity contribution in [2.45, 2.75) is 24.9 Å². The molecule has 8 N–H and O–H groups in total. The first-order valence-corrected chi connectivity index (χ1v) is 14.3. The maximum absolute atomic E-state index is 11.2. The monoisotopic (exact) mass is 620 g/mol. The second-order valence-electron chi connectivity index (χ2n) is 9.35. The lowest BCUT2D eigenvalue weighted by Crippen LogP contribution is -2.39. The van der Waals surface area contributed by atoms with Gasteiger partial charge in [0.05, 0.1) is 18.5 Å². The SMILES string of the molecule is Cc1ccc(S(=O)(=O)[O-])cc1.Cn1n[n+](Cc2ccccc2)c(N)c1C(N)=O.NC(=O)c1nnn(Cc2ccccc2)c1N. The molecular formula is C28H32N10O5S. The van der Waals surface area contributed by atoms with Crippen LogP contribution in [0.25, 0.3) is 0 Å². The minimum Gasteiger partial charge on any atom is -0.744 e. The van der Waals surface area contributed by atoms with E-state index in [0.717, 1.165) is 16.7 Å². The fraction of sp³-hybridized carbons (Fsp3) is 0.143. The lowest BCUT2D eigenvalue weighted by Gasteiger charge is -2.05. The Morgan fingerprint density at radius 3 is 1.86 bits per heavy atom. The smallest absolute Gasteiger partial charge is 0.289 e. The van der Waals surface area contributed by atoms with Gasteiger partial charge in [-0.1, -0.05) is 83.6 Å². The zero-order valence-corrected chi connectivity index (χ0v) is 24.8. The molecule has 0 aliphatic rings. The van der Waals surface area contributed by atoms with Gasteiger partial charge in [0.2, 0.25) is 0 Å². The molecule has 0 saturated carbocycles. The van der Waals surface area contributed by atoms with Gasteiger partial charge < -0.3 is 27.5 Å². The van der Waals surface area contributed by atoms with Crippen LogP contribution in [0.15, 0.2) is 89.8 Å². The third-order valence-corrected chi connectivity index (χ3v) is 6.84. The zero-order valence-electron chi connectivity index (χ0n) is 23.9. The molecule has 0 fully saturated rings. The van der Waals surface area contributed by atoms with Crippen molar-refractivity contribution < 1.29 is 27.2 Å². The minimum absolute atomic E-state index is 0.0101. The predicted octanol–water partition coefficient (Wildman–Crippen LogP) is 0.344. The Labute approximate surface area is 253 Å². The Hall–Kier alpha value is -5.61. The summed E-state index contributed by atoms with van der Waals surface area (Å²) in [5, 5.41) is 11.5. The fourth-order valence-corrected chi connectivity index (χ4v) is 4.25. The Bertz CT molecular complexity index is 1820. The average molecular weight is 621 g/mol. The van der Waals surface area contributed by atoms with Gasteiger partial charge in [-0.3, -0.25) is 9.59 Å². The number of nitrogen functional groups attached to an aromatic ring is 2. The molecule has 2 amide bonds. The summed E-state index contributed by atoms with van der Waals surface area (Å²) < 4.78 is 35.5. The van der Waals surface area contributed by atoms with Gasteiger partial charge in [0.25, 0.3) is 23.3 Å². The molecule has 16 heteroatoms. The van der Waals surface area contributed by atoms with Crippen LogP contribution < -0.4 is 27.6 Å². The molecular weight excluding hydrogens is 588 g/mol. The van der Waals surface area contributed by atoms with E-state index in [1.54, 1.807) is 23.9 Å². The van der Waals surface area contributed by atoms with E-state index in [-0.39, 0.29) is 27.9 Å². The van der Waals surface area contributed by atoms with Crippen molar-refractivity contribution in [2.75, 3.05) is 11.5 Å². The number of rotatable bonds is 7. The van der Waals surface area contributed by atoms with Crippen molar-refractivity contribution in [1.82, 2.24) is 24.9 Å². The van der Waals surface area contributed by atoms with Crippen LogP contribution in [-0.4, -0.2) is 49.7 Å². The second kappa shape index (κ2) is 14.5. The average Bonchev–Trinajstić information content (AvgIpc) is 3.47. The van der Waals surface area contributed by atoms with Gasteiger partial charge in [-0.25, -0.2) is 13.1 Å². The number of hydrogen-bond acceptors (Lipinski definition) is 10. The highest BCUT2D eigenvalue weighted by Gasteiger charge is 2.24. The molecule has 15 nitrogen and oxygen atoms in total. The third-order valence-electron chi connectivity index (χ3n) is 5.99. The van der Waals surface area contributed by atoms with Gasteiger partial charge in [0.1, 0.15) is 16.7 Å². The highest BCUT2D eigenvalue weighted by molar-refractivity contribution is 7.85. The van der Waals surface area contributed by atoms with Crippen molar-refractivity contribution in [3.63, 3.8) is 0 Å². The summed E-state index contributed by atoms with van der Waals surface area (Å²) in [4.78, 5) is 21.9. The van der Waals surface area contributed by atoms with E-state index in [9.17, 15) is 22.6 Å². The summed E-state index contributed by atoms with van der Waals surface area (Å²) in [6.45, 7) is 2.79. The van der Waals surface area contributed by atoms with E-state index >= 15 is 0 Å². The van der Waals surface area contributed by atoms with Gasteiger partial charge in [-0.2, -0.15) is 4.68 Å². The molecule has 0 bridgehead atoms. The maximum Gasteiger partial charge on any atom is 0.289 e. The predicted molar refractivity (Wildman–Crippen MR) is 160 cm³/mol. The number of anilines is 2. The largest absolute Gasteiger partial charge is 0.744 e. The number of aryl methyl sites for hydroxylation is 2. The van der Waals surface area contributed by atoms with Crippen LogP contribution in [0.3, 0.4) is 0 Å². The molecule has 2 heterocycles. The molecule has 0 aliphatic carbocycles. The first-order valence-electron chi connectivity index (χ1n) is 12.9. The molecule has 0 unspecified atom stereocenters. The first kappa shape index (κ1) is 32.9. The van der Waals surface area contributed by atoms with E-state index in [1.165, 1.54) is 21.5 Å². The number of primary amides is 2. The standard InChI is InChI=1S/C11H13N5O.C10H11N5O.C7H8O3S/c1-15-9(11(13)17)10(12)16(14-15)7-8-5-3-2-4-6-8;11-9-8(10(12)16)13-14-15(9)6-7-4-2-1-3-5-7;1-6-2-4-7(5-3-6)11(8,9)10/h2-6H,7H2,1H3,(H3-,12,13,14,17);1-5H,6,11H2,(H2,12,16);2-5H,1H3,(H,8,9,10). The molecule has 0 saturated heterocycles. The van der Waals surface area contributed by atoms with E-state index in [1.807, 2.05) is 67.6 Å². The summed E-state index contributed by atoms with van der Waals surface area (Å²) in [6, 6.07) is 25.1. The molecule has 230 valence electrons. The number of aromatic nitrogens is 6. The van der Waals surface area contributed by atoms with Crippen molar-refractivity contribution in [2.24, 2.45) is 18.5 Å². The van der Waals surface area contributed by atoms with Crippen LogP contribution in [0.5, 0.6) is 0 Å². The molecule has 44 heavy (non-hydrogen) atoms. The highest BCUT2D eigenvalue weighted by Crippen LogP contribution is 2.10. The first-order chi connectivity index (χ1) is 20.8. The minimum atomic E-state index is -4.27. The summed E-state index contributed by atoms with van der Waals surface area (Å²) in [7, 11) is -2.63. The Morgan fingerprint density at radius 2 is 1.41 bits per heavy atom. The summed E-state index contributed by atoms with van der Waals surface area (Å²) in [5.74, 6) is -0.777. The molecule has 0 spiro atoms. The zero-order chi connectivity index (χ0) is 32.4. The quantitative estimate of drug-likeness (QED) is 0.143. The highest BCUT2D eigenvalue weighted by atomic mass is 32.2. The third kappa shape index (κ3) is 8.94. The van der Waals surface area contributed by atoms with Crippen LogP contribution in [-0.2, 0) is 30.3 Å². The van der Waals surface area contributed by atoms with Gasteiger partial charge in [-0.15, -0.1) is 9.78 Å². The number of carbonyl (C=O) groups is 2. The van der Waals surface area contributed by atoms with Crippen LogP contribution >= 0.6 is 0 Å². The summed E-state index contributed by atoms with van der Waals surface area (Å²) in [5.41, 5.74) is 25.1. The summed E-state index contributed by atoms with van der Waals surface area (Å²) in [6.07, 6.45) is 0. The normalized spacial score (nSPS) is 10.6. The van der Waals surface area contributed by atoms with Crippen LogP contribution in [0.4, 0.5) is 11.6 Å². The lowest BCUT2D eigenvalue weighted by atomic mass is 10.2. The molecule has 0 atom stereocenters. The number of hydrogen-bond donors (Lipinski definition) is 4. The maximum atomic E-state index is 11.2.